The summed E-state index contributed by atoms with van der Waals surface area (Å²) in [5, 5.41) is 3.34. The highest BCUT2D eigenvalue weighted by atomic mass is 16.5. The zero-order valence-corrected chi connectivity index (χ0v) is 16.1. The number of nitrogens with one attached hydrogen (secondary N) is 1. The fraction of sp³-hybridized carbons (Fsp3) is 0. The molecule has 3 N–H and O–H groups in total. The van der Waals surface area contributed by atoms with E-state index in [1.165, 1.54) is 0 Å². The first-order chi connectivity index (χ1) is 14.8. The van der Waals surface area contributed by atoms with Gasteiger partial charge in [0.1, 0.15) is 11.5 Å². The van der Waals surface area contributed by atoms with Crippen molar-refractivity contribution in [2.45, 2.75) is 0 Å². The molecule has 0 atom stereocenters. The van der Waals surface area contributed by atoms with E-state index in [1.54, 1.807) is 6.20 Å². The van der Waals surface area contributed by atoms with Gasteiger partial charge in [-0.05, 0) is 48.5 Å². The van der Waals surface area contributed by atoms with Crippen LogP contribution in [0, 0.1) is 0 Å². The number of nitrogen functional groups attached to an aromatic ring is 1. The monoisotopic (exact) mass is 393 g/mol. The number of nitrogens with two attached hydrogens (primary N) is 1. The first kappa shape index (κ1) is 17.8. The van der Waals surface area contributed by atoms with Gasteiger partial charge in [-0.3, -0.25) is 4.40 Å². The molecular weight excluding hydrogens is 374 g/mol. The molecule has 0 amide bonds. The van der Waals surface area contributed by atoms with Gasteiger partial charge in [-0.15, -0.1) is 0 Å². The molecule has 0 aliphatic carbocycles. The molecule has 5 rings (SSSR count). The molecule has 6 heteroatoms. The summed E-state index contributed by atoms with van der Waals surface area (Å²) in [6.45, 7) is 0. The maximum Gasteiger partial charge on any atom is 0.180 e. The first-order valence-corrected chi connectivity index (χ1v) is 9.54. The van der Waals surface area contributed by atoms with Gasteiger partial charge in [-0.25, -0.2) is 9.97 Å². The number of fused-ring (bicyclic) bond motifs is 1. The number of rotatable bonds is 5. The van der Waals surface area contributed by atoms with Crippen LogP contribution in [0.1, 0.15) is 0 Å². The van der Waals surface area contributed by atoms with E-state index in [0.717, 1.165) is 34.1 Å². The van der Waals surface area contributed by atoms with Gasteiger partial charge >= 0.3 is 0 Å². The fourth-order valence-electron chi connectivity index (χ4n) is 3.29. The lowest BCUT2D eigenvalue weighted by atomic mass is 10.1. The highest BCUT2D eigenvalue weighted by molar-refractivity contribution is 5.75. The Hall–Kier alpha value is -4.32. The second-order valence-corrected chi connectivity index (χ2v) is 6.80. The Kier molecular flexibility index (Phi) is 4.50. The third-order valence-corrected chi connectivity index (χ3v) is 4.71. The van der Waals surface area contributed by atoms with Crippen LogP contribution in [0.3, 0.4) is 0 Å². The molecule has 3 aromatic carbocycles. The molecule has 0 bridgehead atoms. The van der Waals surface area contributed by atoms with E-state index in [0.29, 0.717) is 11.5 Å². The van der Waals surface area contributed by atoms with Crippen molar-refractivity contribution in [2.24, 2.45) is 0 Å². The van der Waals surface area contributed by atoms with E-state index < -0.39 is 0 Å². The maximum atomic E-state index is 5.94. The smallest absolute Gasteiger partial charge is 0.180 e. The lowest BCUT2D eigenvalue weighted by Crippen LogP contribution is -1.98. The summed E-state index contributed by atoms with van der Waals surface area (Å²) in [6.07, 6.45) is 5.47. The summed E-state index contributed by atoms with van der Waals surface area (Å²) in [4.78, 5) is 9.03. The maximum absolute atomic E-state index is 5.94. The van der Waals surface area contributed by atoms with Gasteiger partial charge in [0.15, 0.2) is 11.5 Å². The molecule has 6 nitrogen and oxygen atoms in total. The van der Waals surface area contributed by atoms with Gasteiger partial charge in [0.2, 0.25) is 0 Å². The van der Waals surface area contributed by atoms with Crippen molar-refractivity contribution >= 4 is 22.8 Å². The van der Waals surface area contributed by atoms with Gasteiger partial charge in [0, 0.05) is 29.3 Å². The van der Waals surface area contributed by atoms with Crippen LogP contribution in [-0.2, 0) is 0 Å². The lowest BCUT2D eigenvalue weighted by molar-refractivity contribution is 0.483. The minimum Gasteiger partial charge on any atom is -0.457 e. The number of nitrogens with zero attached hydrogens (tertiary/aromatic N) is 3. The Labute approximate surface area is 173 Å². The van der Waals surface area contributed by atoms with Gasteiger partial charge in [-0.2, -0.15) is 0 Å². The number of hydrogen-bond acceptors (Lipinski definition) is 5. The van der Waals surface area contributed by atoms with Crippen molar-refractivity contribution in [1.82, 2.24) is 14.4 Å². The third-order valence-electron chi connectivity index (χ3n) is 4.71. The molecule has 0 fully saturated rings. The number of benzene rings is 3. The predicted molar refractivity (Wildman–Crippen MR) is 119 cm³/mol. The van der Waals surface area contributed by atoms with E-state index in [2.05, 4.69) is 15.3 Å². The van der Waals surface area contributed by atoms with Crippen molar-refractivity contribution < 1.29 is 4.74 Å². The Morgan fingerprint density at radius 3 is 2.43 bits per heavy atom. The molecule has 0 saturated heterocycles. The van der Waals surface area contributed by atoms with Gasteiger partial charge in [0.25, 0.3) is 0 Å². The predicted octanol–water partition coefficient (Wildman–Crippen LogP) is 5.51. The van der Waals surface area contributed by atoms with E-state index in [-0.39, 0.29) is 0 Å². The van der Waals surface area contributed by atoms with Crippen LogP contribution in [0.2, 0.25) is 0 Å². The van der Waals surface area contributed by atoms with E-state index >= 15 is 0 Å². The minimum absolute atomic E-state index is 0.671. The normalized spacial score (nSPS) is 10.8. The molecule has 0 spiro atoms. The zero-order chi connectivity index (χ0) is 20.3. The van der Waals surface area contributed by atoms with Crippen molar-refractivity contribution in [3.63, 3.8) is 0 Å². The van der Waals surface area contributed by atoms with E-state index in [4.69, 9.17) is 10.5 Å². The van der Waals surface area contributed by atoms with Crippen LogP contribution in [0.25, 0.3) is 16.9 Å². The molecule has 0 radical (unpaired) electrons. The first-order valence-electron chi connectivity index (χ1n) is 9.54. The molecule has 2 heterocycles. The van der Waals surface area contributed by atoms with Gasteiger partial charge in [0.05, 0.1) is 11.9 Å². The van der Waals surface area contributed by atoms with E-state index in [9.17, 15) is 0 Å². The average Bonchev–Trinajstić information content (AvgIpc) is 3.21. The Morgan fingerprint density at radius 1 is 0.833 bits per heavy atom. The number of hydrogen-bond donors (Lipinski definition) is 2. The molecule has 0 aliphatic rings. The number of anilines is 3. The molecule has 0 unspecified atom stereocenters. The van der Waals surface area contributed by atoms with Gasteiger partial charge < -0.3 is 15.8 Å². The summed E-state index contributed by atoms with van der Waals surface area (Å²) >= 11 is 0. The van der Waals surface area contributed by atoms with Crippen LogP contribution < -0.4 is 15.8 Å². The summed E-state index contributed by atoms with van der Waals surface area (Å²) in [5.41, 5.74) is 10.2. The van der Waals surface area contributed by atoms with Crippen LogP contribution in [0.5, 0.6) is 11.5 Å². The van der Waals surface area contributed by atoms with Crippen molar-refractivity contribution in [3.05, 3.63) is 97.5 Å². The second kappa shape index (κ2) is 7.60. The molecule has 0 saturated carbocycles. The standard InChI is InChI=1S/C24H19N5O/c25-18-6-4-5-17(15-18)22-16-27-24-23(26-13-14-29(22)24)28-19-9-11-21(12-10-19)30-20-7-2-1-3-8-20/h1-16H,25H2,(H,26,28). The van der Waals surface area contributed by atoms with E-state index in [1.807, 2.05) is 95.7 Å². The molecule has 146 valence electrons. The molecular formula is C24H19N5O. The highest BCUT2D eigenvalue weighted by Crippen LogP contribution is 2.27. The van der Waals surface area contributed by atoms with Gasteiger partial charge in [-0.1, -0.05) is 30.3 Å². The SMILES string of the molecule is Nc1cccc(-c2cnc3c(Nc4ccc(Oc5ccccc5)cc4)nccn23)c1. The van der Waals surface area contributed by atoms with Crippen LogP contribution in [0.4, 0.5) is 17.2 Å². The Balaban J connectivity index is 1.40. The summed E-state index contributed by atoms with van der Waals surface area (Å²) in [5.74, 6) is 2.24. The average molecular weight is 393 g/mol. The number of para-hydroxylation sites is 1. The zero-order valence-electron chi connectivity index (χ0n) is 16.1. The summed E-state index contributed by atoms with van der Waals surface area (Å²) in [6, 6.07) is 25.2. The molecule has 2 aromatic heterocycles. The fourth-order valence-corrected chi connectivity index (χ4v) is 3.29. The van der Waals surface area contributed by atoms with Crippen LogP contribution in [0.15, 0.2) is 97.5 Å². The van der Waals surface area contributed by atoms with Crippen LogP contribution in [-0.4, -0.2) is 14.4 Å². The van der Waals surface area contributed by atoms with Crippen molar-refractivity contribution in [2.75, 3.05) is 11.1 Å². The Bertz CT molecular complexity index is 1300. The van der Waals surface area contributed by atoms with Crippen molar-refractivity contribution in [3.8, 4) is 22.8 Å². The Morgan fingerprint density at radius 2 is 1.63 bits per heavy atom. The third kappa shape index (κ3) is 3.54. The minimum atomic E-state index is 0.671. The quantitative estimate of drug-likeness (QED) is 0.385. The number of ether oxygens (including phenoxy) is 1. The lowest BCUT2D eigenvalue weighted by Gasteiger charge is -2.09. The topological polar surface area (TPSA) is 77.5 Å². The molecule has 5 aromatic rings. The highest BCUT2D eigenvalue weighted by Gasteiger charge is 2.11. The molecule has 30 heavy (non-hydrogen) atoms. The number of aromatic nitrogens is 3. The molecule has 0 aliphatic heterocycles. The summed E-state index contributed by atoms with van der Waals surface area (Å²) < 4.78 is 7.84. The van der Waals surface area contributed by atoms with Crippen LogP contribution >= 0.6 is 0 Å². The second-order valence-electron chi connectivity index (χ2n) is 6.80. The largest absolute Gasteiger partial charge is 0.457 e. The van der Waals surface area contributed by atoms with Crippen molar-refractivity contribution in [1.29, 1.82) is 0 Å². The summed E-state index contributed by atoms with van der Waals surface area (Å²) in [7, 11) is 0. The number of imidazole rings is 1.